The van der Waals surface area contributed by atoms with E-state index >= 15 is 0 Å². The molecule has 2 N–H and O–H groups in total. The Hall–Kier alpha value is -6.32. The maximum atomic E-state index is 13.5. The second kappa shape index (κ2) is 19.2. The number of rotatable bonds is 9. The first-order valence-electron chi connectivity index (χ1n) is 19.5. The van der Waals surface area contributed by atoms with Crippen LogP contribution < -0.4 is 18.9 Å². The molecule has 1 saturated heterocycles. The lowest BCUT2D eigenvalue weighted by Crippen LogP contribution is -2.58. The molecule has 1 aliphatic carbocycles. The standard InChI is InChI=1S/C33H40N2O9.C8H8.C4H3N2O2/c1-38-19-7-8-20-21-9-10-35-16-18-13-27(44-32(36)17-11-25(39-2)30(41-4)26(12-17)40-3)31(42-5)28(33(37)43-6)22(18)15-24(35)29(21)34-23(20)14-19;1-2-8-6-4-3-5-7-8;5-6-3(7)1-2-4(6)8/h7-8,11-12,14,18,22,24,27-28,31,34H,9-10,13,15-16H2,1-6H3;2-7H,1H2;1-2,5H/q;;+1/t18-,22+,24-,27-,28+,31+;;/m1../s1. The number of nitrogens with one attached hydrogen (secondary N) is 2. The lowest BCUT2D eigenvalue weighted by molar-refractivity contribution is -0.449. The number of hydrogen-bond donors (Lipinski definition) is 2. The minimum atomic E-state index is -0.670. The first kappa shape index (κ1) is 43.3. The van der Waals surface area contributed by atoms with E-state index in [1.165, 1.54) is 50.6 Å². The summed E-state index contributed by atoms with van der Waals surface area (Å²) in [6.45, 7) is 5.31. The van der Waals surface area contributed by atoms with Gasteiger partial charge in [-0.1, -0.05) is 43.0 Å². The van der Waals surface area contributed by atoms with E-state index in [1.807, 2.05) is 48.5 Å². The van der Waals surface area contributed by atoms with Crippen molar-refractivity contribution < 1.29 is 57.0 Å². The summed E-state index contributed by atoms with van der Waals surface area (Å²) in [7, 11) is 9.10. The van der Waals surface area contributed by atoms with Crippen molar-refractivity contribution in [1.29, 1.82) is 5.53 Å². The molecule has 4 heterocycles. The molecule has 3 aliphatic heterocycles. The van der Waals surface area contributed by atoms with Crippen LogP contribution in [0.5, 0.6) is 23.0 Å². The van der Waals surface area contributed by atoms with Gasteiger partial charge in [0.2, 0.25) is 5.75 Å². The molecule has 8 rings (SSSR count). The summed E-state index contributed by atoms with van der Waals surface area (Å²) in [5, 5.41) is 1.21. The van der Waals surface area contributed by atoms with E-state index in [0.29, 0.717) is 28.4 Å². The minimum absolute atomic E-state index is 0.0170. The van der Waals surface area contributed by atoms with Crippen LogP contribution in [0.1, 0.15) is 46.1 Å². The highest BCUT2D eigenvalue weighted by molar-refractivity contribution is 6.01. The smallest absolute Gasteiger partial charge is 0.445 e. The Morgan fingerprint density at radius 1 is 0.883 bits per heavy atom. The van der Waals surface area contributed by atoms with Crippen LogP contribution in [0.2, 0.25) is 0 Å². The van der Waals surface area contributed by atoms with Crippen molar-refractivity contribution in [2.24, 2.45) is 17.8 Å². The van der Waals surface area contributed by atoms with E-state index in [1.54, 1.807) is 26.4 Å². The van der Waals surface area contributed by atoms with Gasteiger partial charge in [-0.05, 0) is 72.0 Å². The number of amides is 2. The molecule has 2 amide bonds. The summed E-state index contributed by atoms with van der Waals surface area (Å²) in [5.41, 5.74) is 11.6. The van der Waals surface area contributed by atoms with Gasteiger partial charge in [-0.15, -0.1) is 0 Å². The topological polar surface area (TPSA) is 179 Å². The van der Waals surface area contributed by atoms with Crippen LogP contribution in [0.3, 0.4) is 0 Å². The number of imide groups is 1. The minimum Gasteiger partial charge on any atom is -0.497 e. The van der Waals surface area contributed by atoms with Crippen LogP contribution in [0.4, 0.5) is 0 Å². The number of carbonyl (C=O) groups excluding carboxylic acids is 4. The van der Waals surface area contributed by atoms with Gasteiger partial charge in [0.05, 0.1) is 65.2 Å². The zero-order valence-corrected chi connectivity index (χ0v) is 34.6. The Balaban J connectivity index is 0.000000313. The quantitative estimate of drug-likeness (QED) is 0.112. The number of carbonyl (C=O) groups is 4. The maximum Gasteiger partial charge on any atom is 0.445 e. The van der Waals surface area contributed by atoms with Crippen molar-refractivity contribution in [3.8, 4) is 23.0 Å². The highest BCUT2D eigenvalue weighted by atomic mass is 16.6. The monoisotopic (exact) mass is 823 g/mol. The molecule has 4 aromatic rings. The highest BCUT2D eigenvalue weighted by Gasteiger charge is 2.54. The number of ether oxygens (including phenoxy) is 7. The Kier molecular flexibility index (Phi) is 13.8. The predicted octanol–water partition coefficient (Wildman–Crippen LogP) is 6.15. The second-order valence-electron chi connectivity index (χ2n) is 14.7. The summed E-state index contributed by atoms with van der Waals surface area (Å²) >= 11 is 0. The summed E-state index contributed by atoms with van der Waals surface area (Å²) in [6, 6.07) is 19.4. The van der Waals surface area contributed by atoms with Gasteiger partial charge in [0, 0.05) is 47.6 Å². The molecule has 2 fully saturated rings. The highest BCUT2D eigenvalue weighted by Crippen LogP contribution is 2.51. The van der Waals surface area contributed by atoms with Crippen LogP contribution in [-0.4, -0.2) is 106 Å². The molecular weight excluding hydrogens is 773 g/mol. The van der Waals surface area contributed by atoms with E-state index in [0.717, 1.165) is 49.3 Å². The average molecular weight is 824 g/mol. The van der Waals surface area contributed by atoms with Gasteiger partial charge in [-0.3, -0.25) is 9.69 Å². The average Bonchev–Trinajstić information content (AvgIpc) is 3.81. The summed E-state index contributed by atoms with van der Waals surface area (Å²) in [6.07, 6.45) is 4.88. The van der Waals surface area contributed by atoms with Gasteiger partial charge in [0.25, 0.3) is 0 Å². The molecule has 1 aromatic heterocycles. The molecule has 4 aliphatic rings. The van der Waals surface area contributed by atoms with Gasteiger partial charge in [-0.2, -0.15) is 0 Å². The molecule has 0 radical (unpaired) electrons. The molecule has 1 saturated carbocycles. The largest absolute Gasteiger partial charge is 0.497 e. The van der Waals surface area contributed by atoms with E-state index < -0.39 is 35.9 Å². The first-order chi connectivity index (χ1) is 29.0. The number of H-pyrrole nitrogens is 1. The number of hydrogen-bond acceptors (Lipinski definition) is 13. The van der Waals surface area contributed by atoms with Gasteiger partial charge in [0.1, 0.15) is 18.0 Å². The Bertz CT molecular complexity index is 2240. The number of aromatic amines is 1. The predicted molar refractivity (Wildman–Crippen MR) is 219 cm³/mol. The van der Waals surface area contributed by atoms with E-state index in [-0.39, 0.29) is 29.4 Å². The Labute approximate surface area is 348 Å². The van der Waals surface area contributed by atoms with Crippen molar-refractivity contribution in [2.75, 3.05) is 55.7 Å². The number of methoxy groups -OCH3 is 6. The number of aromatic nitrogens is 1. The molecule has 60 heavy (non-hydrogen) atoms. The van der Waals surface area contributed by atoms with E-state index in [2.05, 4.69) is 22.5 Å². The van der Waals surface area contributed by atoms with Crippen LogP contribution in [0.15, 0.2) is 79.4 Å². The van der Waals surface area contributed by atoms with Crippen LogP contribution in [-0.2, 0) is 35.0 Å². The summed E-state index contributed by atoms with van der Waals surface area (Å²) < 4.78 is 39.4. The van der Waals surface area contributed by atoms with Crippen molar-refractivity contribution >= 4 is 40.7 Å². The molecule has 15 nitrogen and oxygen atoms in total. The maximum absolute atomic E-state index is 13.5. The fraction of sp³-hybridized carbons (Fsp3) is 0.378. The summed E-state index contributed by atoms with van der Waals surface area (Å²) in [4.78, 5) is 53.6. The zero-order chi connectivity index (χ0) is 43.1. The molecular formula is C45H51N4O11+. The molecule has 6 atom stereocenters. The fourth-order valence-electron chi connectivity index (χ4n) is 8.75. The molecule has 0 unspecified atom stereocenters. The lowest BCUT2D eigenvalue weighted by atomic mass is 9.63. The molecule has 0 spiro atoms. The zero-order valence-electron chi connectivity index (χ0n) is 34.6. The van der Waals surface area contributed by atoms with Gasteiger partial charge in [-0.25, -0.2) is 14.4 Å². The number of nitrogens with zero attached hydrogens (tertiary/aromatic N) is 2. The second-order valence-corrected chi connectivity index (χ2v) is 14.7. The number of benzene rings is 3. The number of piperidine rings is 1. The van der Waals surface area contributed by atoms with Crippen molar-refractivity contribution in [3.63, 3.8) is 0 Å². The Morgan fingerprint density at radius 2 is 1.57 bits per heavy atom. The van der Waals surface area contributed by atoms with Gasteiger partial charge >= 0.3 is 23.8 Å². The third kappa shape index (κ3) is 8.82. The van der Waals surface area contributed by atoms with Crippen LogP contribution >= 0.6 is 0 Å². The molecule has 0 bridgehead atoms. The molecule has 3 aromatic carbocycles. The number of fused-ring (bicyclic) bond motifs is 6. The fourth-order valence-corrected chi connectivity index (χ4v) is 8.75. The van der Waals surface area contributed by atoms with Gasteiger partial charge < -0.3 is 38.1 Å². The van der Waals surface area contributed by atoms with Crippen molar-refractivity contribution in [2.45, 2.75) is 37.5 Å². The van der Waals surface area contributed by atoms with Crippen molar-refractivity contribution in [1.82, 2.24) is 9.88 Å². The van der Waals surface area contributed by atoms with Crippen LogP contribution in [0.25, 0.3) is 17.0 Å². The van der Waals surface area contributed by atoms with Crippen LogP contribution in [0, 0.1) is 23.3 Å². The molecule has 15 heteroatoms. The van der Waals surface area contributed by atoms with E-state index in [4.69, 9.17) is 38.7 Å². The normalized spacial score (nSPS) is 22.7. The number of esters is 2. The lowest BCUT2D eigenvalue weighted by Gasteiger charge is -2.52. The van der Waals surface area contributed by atoms with Crippen molar-refractivity contribution in [3.05, 3.63) is 102 Å². The third-order valence-electron chi connectivity index (χ3n) is 11.6. The molecule has 316 valence electrons. The first-order valence-corrected chi connectivity index (χ1v) is 19.5. The Morgan fingerprint density at radius 3 is 2.10 bits per heavy atom. The van der Waals surface area contributed by atoms with Gasteiger partial charge in [0.15, 0.2) is 11.5 Å². The summed E-state index contributed by atoms with van der Waals surface area (Å²) in [5.74, 6) is -0.708. The third-order valence-corrected chi connectivity index (χ3v) is 11.6. The SMILES string of the molecule is C=Cc1ccccc1.COC(=O)[C@H]1[C@H]2C[C@@H]3c4[nH]c5cc(OC)ccc5c4CCN3C[C@H]2C[C@@H](OC(=O)c2cc(OC)c(OC)c(OC)c2)[C@@H]1OC.N=[N+]1C(=O)C=CC1=O. The van der Waals surface area contributed by atoms with E-state index in [9.17, 15) is 19.2 Å².